The van der Waals surface area contributed by atoms with Crippen LogP contribution in [-0.2, 0) is 16.0 Å². The van der Waals surface area contributed by atoms with Crippen LogP contribution in [0.25, 0.3) is 10.9 Å². The van der Waals surface area contributed by atoms with E-state index in [0.29, 0.717) is 13.0 Å². The van der Waals surface area contributed by atoms with E-state index in [1.807, 2.05) is 18.9 Å². The van der Waals surface area contributed by atoms with E-state index in [4.69, 9.17) is 4.74 Å². The number of nitrogens with one attached hydrogen (secondary N) is 1. The maximum Gasteiger partial charge on any atom is 0.227 e. The van der Waals surface area contributed by atoms with E-state index in [9.17, 15) is 9.18 Å². The number of ether oxygens (including phenoxy) is 1. The summed E-state index contributed by atoms with van der Waals surface area (Å²) >= 11 is 0. The molecule has 1 aromatic carbocycles. The molecule has 1 saturated carbocycles. The van der Waals surface area contributed by atoms with Crippen LogP contribution in [0.3, 0.4) is 0 Å². The highest BCUT2D eigenvalue weighted by Crippen LogP contribution is 2.45. The van der Waals surface area contributed by atoms with Gasteiger partial charge in [0.1, 0.15) is 5.82 Å². The lowest BCUT2D eigenvalue weighted by Crippen LogP contribution is -2.62. The maximum absolute atomic E-state index is 13.3. The van der Waals surface area contributed by atoms with Crippen LogP contribution >= 0.6 is 0 Å². The van der Waals surface area contributed by atoms with Crippen LogP contribution in [0.1, 0.15) is 32.8 Å². The first-order valence-electron chi connectivity index (χ1n) is 8.47. The lowest BCUT2D eigenvalue weighted by Gasteiger charge is -2.54. The molecule has 24 heavy (non-hydrogen) atoms. The van der Waals surface area contributed by atoms with Gasteiger partial charge in [-0.15, -0.1) is 0 Å². The van der Waals surface area contributed by atoms with E-state index >= 15 is 0 Å². The molecule has 1 N–H and O–H groups in total. The van der Waals surface area contributed by atoms with E-state index in [-0.39, 0.29) is 29.3 Å². The summed E-state index contributed by atoms with van der Waals surface area (Å²) in [5.74, 6) is -0.203. The minimum Gasteiger partial charge on any atom is -0.378 e. The van der Waals surface area contributed by atoms with E-state index in [1.54, 1.807) is 12.3 Å². The van der Waals surface area contributed by atoms with Crippen molar-refractivity contribution in [1.29, 1.82) is 0 Å². The molecule has 2 atom stereocenters. The number of hydrogen-bond donors (Lipinski definition) is 1. The number of halogens is 1. The van der Waals surface area contributed by atoms with Crippen molar-refractivity contribution in [3.8, 4) is 0 Å². The van der Waals surface area contributed by atoms with Crippen molar-refractivity contribution < 1.29 is 13.9 Å². The van der Waals surface area contributed by atoms with Crippen molar-refractivity contribution in [2.24, 2.45) is 5.41 Å². The molecular formula is C19H25FN2O2. The standard InChI is InChI=1S/C19H25FN2O2/c1-5-24-17-10-16(19(17,2)3)22(4)18(23)8-12-11-21-15-9-13(20)6-7-14(12)15/h6-7,9,11,16-17,21H,5,8,10H2,1-4H3/t16-,17-/m0/s1. The molecule has 0 radical (unpaired) electrons. The van der Waals surface area contributed by atoms with Crippen molar-refractivity contribution in [1.82, 2.24) is 9.88 Å². The molecule has 3 rings (SSSR count). The van der Waals surface area contributed by atoms with Gasteiger partial charge >= 0.3 is 0 Å². The quantitative estimate of drug-likeness (QED) is 0.911. The lowest BCUT2D eigenvalue weighted by molar-refractivity contribution is -0.162. The number of aromatic amines is 1. The minimum atomic E-state index is -0.280. The molecule has 1 fully saturated rings. The first kappa shape index (κ1) is 17.0. The summed E-state index contributed by atoms with van der Waals surface area (Å²) in [6.45, 7) is 7.00. The summed E-state index contributed by atoms with van der Waals surface area (Å²) in [6, 6.07) is 4.79. The Balaban J connectivity index is 1.70. The van der Waals surface area contributed by atoms with Crippen LogP contribution in [0.15, 0.2) is 24.4 Å². The number of carbonyl (C=O) groups is 1. The van der Waals surface area contributed by atoms with Crippen LogP contribution < -0.4 is 0 Å². The Morgan fingerprint density at radius 2 is 2.21 bits per heavy atom. The molecule has 1 heterocycles. The molecule has 130 valence electrons. The number of fused-ring (bicyclic) bond motifs is 1. The predicted octanol–water partition coefficient (Wildman–Crippen LogP) is 3.51. The molecule has 0 aliphatic heterocycles. The zero-order chi connectivity index (χ0) is 17.5. The molecule has 1 aliphatic carbocycles. The molecule has 1 aliphatic rings. The fraction of sp³-hybridized carbons (Fsp3) is 0.526. The summed E-state index contributed by atoms with van der Waals surface area (Å²) in [6.07, 6.45) is 3.19. The second-order valence-electron chi connectivity index (χ2n) is 7.20. The van der Waals surface area contributed by atoms with Gasteiger partial charge in [-0.1, -0.05) is 13.8 Å². The summed E-state index contributed by atoms with van der Waals surface area (Å²) in [5, 5.41) is 0.901. The van der Waals surface area contributed by atoms with Crippen molar-refractivity contribution in [3.05, 3.63) is 35.8 Å². The smallest absolute Gasteiger partial charge is 0.227 e. The average Bonchev–Trinajstić information content (AvgIpc) is 2.92. The second-order valence-corrected chi connectivity index (χ2v) is 7.20. The molecule has 0 unspecified atom stereocenters. The molecule has 1 amide bonds. The molecular weight excluding hydrogens is 307 g/mol. The first-order valence-corrected chi connectivity index (χ1v) is 8.47. The number of amides is 1. The van der Waals surface area contributed by atoms with Gasteiger partial charge in [0.2, 0.25) is 5.91 Å². The molecule has 0 bridgehead atoms. The van der Waals surface area contributed by atoms with Crippen molar-refractivity contribution in [3.63, 3.8) is 0 Å². The minimum absolute atomic E-state index is 0.0379. The number of hydrogen-bond acceptors (Lipinski definition) is 2. The number of rotatable bonds is 5. The third-order valence-corrected chi connectivity index (χ3v) is 5.43. The SMILES string of the molecule is CCO[C@H]1C[C@H](N(C)C(=O)Cc2c[nH]c3cc(F)ccc23)C1(C)C. The van der Waals surface area contributed by atoms with E-state index in [2.05, 4.69) is 18.8 Å². The van der Waals surface area contributed by atoms with Gasteiger partial charge in [-0.05, 0) is 37.1 Å². The Bertz CT molecular complexity index is 753. The Morgan fingerprint density at radius 1 is 1.46 bits per heavy atom. The number of benzene rings is 1. The highest BCUT2D eigenvalue weighted by molar-refractivity contribution is 5.89. The largest absolute Gasteiger partial charge is 0.378 e. The van der Waals surface area contributed by atoms with Gasteiger partial charge < -0.3 is 14.6 Å². The van der Waals surface area contributed by atoms with Crippen LogP contribution in [0, 0.1) is 11.2 Å². The van der Waals surface area contributed by atoms with Gasteiger partial charge in [-0.25, -0.2) is 4.39 Å². The van der Waals surface area contributed by atoms with E-state index < -0.39 is 0 Å². The average molecular weight is 332 g/mol. The van der Waals surface area contributed by atoms with Crippen molar-refractivity contribution in [2.75, 3.05) is 13.7 Å². The van der Waals surface area contributed by atoms with Crippen molar-refractivity contribution in [2.45, 2.75) is 45.8 Å². The molecule has 0 saturated heterocycles. The summed E-state index contributed by atoms with van der Waals surface area (Å²) < 4.78 is 19.0. The van der Waals surface area contributed by atoms with Gasteiger partial charge in [0.05, 0.1) is 12.5 Å². The fourth-order valence-electron chi connectivity index (χ4n) is 3.77. The lowest BCUT2D eigenvalue weighted by atomic mass is 9.63. The number of aromatic nitrogens is 1. The van der Waals surface area contributed by atoms with Crippen LogP contribution in [0.2, 0.25) is 0 Å². The zero-order valence-corrected chi connectivity index (χ0v) is 14.7. The van der Waals surface area contributed by atoms with Gasteiger partial charge in [0.15, 0.2) is 0 Å². The highest BCUT2D eigenvalue weighted by Gasteiger charge is 2.51. The van der Waals surface area contributed by atoms with Crippen LogP contribution in [0.4, 0.5) is 4.39 Å². The van der Waals surface area contributed by atoms with E-state index in [1.165, 1.54) is 12.1 Å². The predicted molar refractivity (Wildman–Crippen MR) is 92.3 cm³/mol. The number of H-pyrrole nitrogens is 1. The molecule has 0 spiro atoms. The Morgan fingerprint density at radius 3 is 2.88 bits per heavy atom. The first-order chi connectivity index (χ1) is 11.3. The molecule has 2 aromatic rings. The topological polar surface area (TPSA) is 45.3 Å². The van der Waals surface area contributed by atoms with E-state index in [0.717, 1.165) is 22.9 Å². The molecule has 5 heteroatoms. The van der Waals surface area contributed by atoms with Gasteiger partial charge in [-0.3, -0.25) is 4.79 Å². The number of nitrogens with zero attached hydrogens (tertiary/aromatic N) is 1. The van der Waals surface area contributed by atoms with Gasteiger partial charge in [0, 0.05) is 42.2 Å². The maximum atomic E-state index is 13.3. The summed E-state index contributed by atoms with van der Waals surface area (Å²) in [5.41, 5.74) is 1.59. The normalized spacial score (nSPS) is 22.4. The Kier molecular flexibility index (Phi) is 4.38. The zero-order valence-electron chi connectivity index (χ0n) is 14.7. The molecule has 1 aromatic heterocycles. The third-order valence-electron chi connectivity index (χ3n) is 5.43. The highest BCUT2D eigenvalue weighted by atomic mass is 19.1. The Hall–Kier alpha value is -1.88. The van der Waals surface area contributed by atoms with Crippen molar-refractivity contribution >= 4 is 16.8 Å². The third kappa shape index (κ3) is 2.81. The monoisotopic (exact) mass is 332 g/mol. The fourth-order valence-corrected chi connectivity index (χ4v) is 3.77. The summed E-state index contributed by atoms with van der Waals surface area (Å²) in [4.78, 5) is 17.6. The van der Waals surface area contributed by atoms with Crippen LogP contribution in [-0.4, -0.2) is 41.6 Å². The van der Waals surface area contributed by atoms with Gasteiger partial charge in [-0.2, -0.15) is 0 Å². The van der Waals surface area contributed by atoms with Crippen LogP contribution in [0.5, 0.6) is 0 Å². The summed E-state index contributed by atoms with van der Waals surface area (Å²) in [7, 11) is 1.87. The number of likely N-dealkylation sites (N-methyl/N-ethyl adjacent to an activating group) is 1. The van der Waals surface area contributed by atoms with Gasteiger partial charge in [0.25, 0.3) is 0 Å². The Labute approximate surface area is 142 Å². The number of carbonyl (C=O) groups excluding carboxylic acids is 1. The molecule has 4 nitrogen and oxygen atoms in total. The second kappa shape index (κ2) is 6.20.